The van der Waals surface area contributed by atoms with E-state index in [4.69, 9.17) is 16.3 Å². The molecule has 0 unspecified atom stereocenters. The molecule has 6 heteroatoms. The molecule has 0 spiro atoms. The van der Waals surface area contributed by atoms with E-state index in [1.807, 2.05) is 30.3 Å². The van der Waals surface area contributed by atoms with Gasteiger partial charge < -0.3 is 9.64 Å². The zero-order chi connectivity index (χ0) is 16.5. The number of para-hydroxylation sites is 1. The van der Waals surface area contributed by atoms with Crippen molar-refractivity contribution >= 4 is 28.4 Å². The smallest absolute Gasteiger partial charge is 0.272 e. The van der Waals surface area contributed by atoms with Gasteiger partial charge in [0, 0.05) is 11.6 Å². The first kappa shape index (κ1) is 14.9. The average Bonchev–Trinajstić information content (AvgIpc) is 2.58. The molecule has 1 saturated heterocycles. The van der Waals surface area contributed by atoms with Crippen LogP contribution in [0.1, 0.15) is 10.5 Å². The zero-order valence-corrected chi connectivity index (χ0v) is 13.5. The molecule has 5 nitrogen and oxygen atoms in total. The number of rotatable bonds is 3. The van der Waals surface area contributed by atoms with Crippen LogP contribution in [-0.2, 0) is 0 Å². The van der Waals surface area contributed by atoms with Crippen molar-refractivity contribution in [3.63, 3.8) is 0 Å². The fraction of sp³-hybridized carbons (Fsp3) is 0.167. The molecule has 0 saturated carbocycles. The maximum Gasteiger partial charge on any atom is 0.272 e. The molecule has 1 aliphatic heterocycles. The fourth-order valence-electron chi connectivity index (χ4n) is 2.64. The molecule has 2 aromatic heterocycles. The maximum atomic E-state index is 12.5. The maximum absolute atomic E-state index is 12.5. The summed E-state index contributed by atoms with van der Waals surface area (Å²) >= 11 is 6.02. The van der Waals surface area contributed by atoms with E-state index in [1.165, 1.54) is 0 Å². The van der Waals surface area contributed by atoms with Crippen LogP contribution in [0.2, 0.25) is 5.02 Å². The molecule has 24 heavy (non-hydrogen) atoms. The lowest BCUT2D eigenvalue weighted by atomic mass is 10.1. The molecular formula is C18H14ClN3O2. The topological polar surface area (TPSA) is 55.3 Å². The third-order valence-corrected chi connectivity index (χ3v) is 4.24. The number of carbonyl (C=O) groups excluding carboxylic acids is 1. The number of amides is 1. The van der Waals surface area contributed by atoms with Crippen LogP contribution in [0.25, 0.3) is 10.9 Å². The van der Waals surface area contributed by atoms with Gasteiger partial charge in [0.15, 0.2) is 0 Å². The number of nitrogens with zero attached hydrogens (tertiary/aromatic N) is 3. The monoisotopic (exact) mass is 339 g/mol. The van der Waals surface area contributed by atoms with Gasteiger partial charge in [-0.25, -0.2) is 9.97 Å². The number of pyridine rings is 2. The molecule has 1 aromatic carbocycles. The highest BCUT2D eigenvalue weighted by Crippen LogP contribution is 2.24. The minimum atomic E-state index is -0.0955. The van der Waals surface area contributed by atoms with Gasteiger partial charge in [0.25, 0.3) is 5.91 Å². The highest BCUT2D eigenvalue weighted by atomic mass is 35.5. The standard InChI is InChI=1S/C18H14ClN3O2/c19-14-5-3-9-20-17(14)24-13-10-22(11-13)18(23)16-8-7-12-4-1-2-6-15(12)21-16/h1-9,13H,10-11H2. The van der Waals surface area contributed by atoms with Crippen LogP contribution in [-0.4, -0.2) is 40.0 Å². The van der Waals surface area contributed by atoms with Gasteiger partial charge in [-0.15, -0.1) is 0 Å². The Balaban J connectivity index is 1.42. The number of fused-ring (bicyclic) bond motifs is 1. The predicted molar refractivity (Wildman–Crippen MR) is 91.3 cm³/mol. The quantitative estimate of drug-likeness (QED) is 0.735. The van der Waals surface area contributed by atoms with Crippen LogP contribution in [0.15, 0.2) is 54.7 Å². The lowest BCUT2D eigenvalue weighted by Gasteiger charge is -2.38. The van der Waals surface area contributed by atoms with E-state index in [1.54, 1.807) is 29.3 Å². The van der Waals surface area contributed by atoms with Gasteiger partial charge in [0.05, 0.1) is 18.6 Å². The van der Waals surface area contributed by atoms with Gasteiger partial charge >= 0.3 is 0 Å². The Hall–Kier alpha value is -2.66. The van der Waals surface area contributed by atoms with E-state index in [0.29, 0.717) is 29.7 Å². The molecule has 1 aliphatic rings. The molecule has 3 heterocycles. The molecule has 0 bridgehead atoms. The summed E-state index contributed by atoms with van der Waals surface area (Å²) in [6, 6.07) is 14.9. The van der Waals surface area contributed by atoms with Gasteiger partial charge in [-0.1, -0.05) is 35.9 Å². The second-order valence-corrected chi connectivity index (χ2v) is 6.04. The predicted octanol–water partition coefficient (Wildman–Crippen LogP) is 3.19. The highest BCUT2D eigenvalue weighted by Gasteiger charge is 2.34. The molecule has 3 aromatic rings. The number of aromatic nitrogens is 2. The highest BCUT2D eigenvalue weighted by molar-refractivity contribution is 6.31. The first-order chi connectivity index (χ1) is 11.7. The van der Waals surface area contributed by atoms with Crippen molar-refractivity contribution in [3.05, 3.63) is 65.4 Å². The minimum Gasteiger partial charge on any atom is -0.470 e. The van der Waals surface area contributed by atoms with Crippen molar-refractivity contribution in [1.82, 2.24) is 14.9 Å². The number of hydrogen-bond acceptors (Lipinski definition) is 4. The third kappa shape index (κ3) is 2.78. The normalized spacial score (nSPS) is 14.5. The van der Waals surface area contributed by atoms with Crippen molar-refractivity contribution in [3.8, 4) is 5.88 Å². The number of hydrogen-bond donors (Lipinski definition) is 0. The van der Waals surface area contributed by atoms with Gasteiger partial charge in [-0.3, -0.25) is 4.79 Å². The Kier molecular flexibility index (Phi) is 3.78. The lowest BCUT2D eigenvalue weighted by molar-refractivity contribution is 0.0156. The van der Waals surface area contributed by atoms with Crippen LogP contribution in [0.3, 0.4) is 0 Å². The number of ether oxygens (including phenoxy) is 1. The van der Waals surface area contributed by atoms with Crippen molar-refractivity contribution in [1.29, 1.82) is 0 Å². The first-order valence-electron chi connectivity index (χ1n) is 7.63. The van der Waals surface area contributed by atoms with E-state index in [2.05, 4.69) is 9.97 Å². The van der Waals surface area contributed by atoms with E-state index in [9.17, 15) is 4.79 Å². The van der Waals surface area contributed by atoms with E-state index in [-0.39, 0.29) is 12.0 Å². The van der Waals surface area contributed by atoms with E-state index in [0.717, 1.165) is 10.9 Å². The number of likely N-dealkylation sites (tertiary alicyclic amines) is 1. The van der Waals surface area contributed by atoms with Gasteiger partial charge in [0.1, 0.15) is 16.8 Å². The summed E-state index contributed by atoms with van der Waals surface area (Å²) < 4.78 is 5.71. The average molecular weight is 340 g/mol. The van der Waals surface area contributed by atoms with Crippen LogP contribution in [0, 0.1) is 0 Å². The summed E-state index contributed by atoms with van der Waals surface area (Å²) in [4.78, 5) is 22.7. The minimum absolute atomic E-state index is 0.0901. The Bertz CT molecular complexity index is 909. The Morgan fingerprint density at radius 2 is 1.96 bits per heavy atom. The zero-order valence-electron chi connectivity index (χ0n) is 12.7. The number of carbonyl (C=O) groups is 1. The summed E-state index contributed by atoms with van der Waals surface area (Å²) in [6.07, 6.45) is 1.53. The Labute approximate surface area is 143 Å². The molecule has 0 radical (unpaired) electrons. The molecular weight excluding hydrogens is 326 g/mol. The molecule has 4 rings (SSSR count). The van der Waals surface area contributed by atoms with Gasteiger partial charge in [0.2, 0.25) is 5.88 Å². The van der Waals surface area contributed by atoms with Crippen molar-refractivity contribution < 1.29 is 9.53 Å². The first-order valence-corrected chi connectivity index (χ1v) is 8.01. The molecule has 1 amide bonds. The number of benzene rings is 1. The summed E-state index contributed by atoms with van der Waals surface area (Å²) in [5, 5.41) is 1.49. The molecule has 1 fully saturated rings. The fourth-order valence-corrected chi connectivity index (χ4v) is 2.81. The SMILES string of the molecule is O=C(c1ccc2ccccc2n1)N1CC(Oc2ncccc2Cl)C1. The summed E-state index contributed by atoms with van der Waals surface area (Å²) in [6.45, 7) is 1.00. The molecule has 0 N–H and O–H groups in total. The lowest BCUT2D eigenvalue weighted by Crippen LogP contribution is -2.56. The summed E-state index contributed by atoms with van der Waals surface area (Å²) in [5.74, 6) is 0.313. The van der Waals surface area contributed by atoms with Crippen LogP contribution in [0.4, 0.5) is 0 Å². The van der Waals surface area contributed by atoms with Gasteiger partial charge in [-0.05, 0) is 24.3 Å². The Morgan fingerprint density at radius 3 is 2.79 bits per heavy atom. The molecule has 120 valence electrons. The van der Waals surface area contributed by atoms with Crippen molar-refractivity contribution in [2.24, 2.45) is 0 Å². The second kappa shape index (κ2) is 6.09. The third-order valence-electron chi connectivity index (χ3n) is 3.96. The van der Waals surface area contributed by atoms with Gasteiger partial charge in [-0.2, -0.15) is 0 Å². The van der Waals surface area contributed by atoms with Crippen molar-refractivity contribution in [2.75, 3.05) is 13.1 Å². The number of halogens is 1. The molecule has 0 atom stereocenters. The van der Waals surface area contributed by atoms with E-state index >= 15 is 0 Å². The second-order valence-electron chi connectivity index (χ2n) is 5.63. The van der Waals surface area contributed by atoms with Crippen LogP contribution in [0.5, 0.6) is 5.88 Å². The van der Waals surface area contributed by atoms with E-state index < -0.39 is 0 Å². The molecule has 0 aliphatic carbocycles. The summed E-state index contributed by atoms with van der Waals surface area (Å²) in [7, 11) is 0. The largest absolute Gasteiger partial charge is 0.470 e. The Morgan fingerprint density at radius 1 is 1.12 bits per heavy atom. The van der Waals surface area contributed by atoms with Crippen LogP contribution < -0.4 is 4.74 Å². The van der Waals surface area contributed by atoms with Crippen LogP contribution >= 0.6 is 11.6 Å². The summed E-state index contributed by atoms with van der Waals surface area (Å²) in [5.41, 5.74) is 1.26. The van der Waals surface area contributed by atoms with Crippen molar-refractivity contribution in [2.45, 2.75) is 6.10 Å².